The molecular formula is C12H22N2O3S. The molecule has 104 valence electrons. The summed E-state index contributed by atoms with van der Waals surface area (Å²) < 4.78 is 28.4. The summed E-state index contributed by atoms with van der Waals surface area (Å²) in [7, 11) is -1.26. The quantitative estimate of drug-likeness (QED) is 0.786. The van der Waals surface area contributed by atoms with E-state index in [1.165, 1.54) is 12.8 Å². The van der Waals surface area contributed by atoms with Crippen LogP contribution in [0.3, 0.4) is 0 Å². The Hall–Kier alpha value is -0.170. The Bertz CT molecular complexity index is 423. The normalized spacial score (nSPS) is 44.9. The van der Waals surface area contributed by atoms with Crippen molar-refractivity contribution in [3.05, 3.63) is 0 Å². The van der Waals surface area contributed by atoms with Gasteiger partial charge in [0.15, 0.2) is 0 Å². The molecule has 3 fully saturated rings. The van der Waals surface area contributed by atoms with Gasteiger partial charge in [-0.25, -0.2) is 13.6 Å². The van der Waals surface area contributed by atoms with Crippen molar-refractivity contribution >= 4 is 10.0 Å². The highest BCUT2D eigenvalue weighted by atomic mass is 32.2. The maximum atomic E-state index is 11.3. The number of nitrogens with zero attached hydrogens (tertiary/aromatic N) is 1. The van der Waals surface area contributed by atoms with Crippen LogP contribution >= 0.6 is 0 Å². The molecule has 6 heteroatoms. The Morgan fingerprint density at radius 1 is 1.33 bits per heavy atom. The first-order valence-corrected chi connectivity index (χ1v) is 8.45. The van der Waals surface area contributed by atoms with E-state index < -0.39 is 10.0 Å². The van der Waals surface area contributed by atoms with Gasteiger partial charge in [-0.1, -0.05) is 0 Å². The molecule has 0 aromatic rings. The Kier molecular flexibility index (Phi) is 2.97. The smallest absolute Gasteiger partial charge is 0.211 e. The van der Waals surface area contributed by atoms with Crippen LogP contribution in [0.25, 0.3) is 0 Å². The van der Waals surface area contributed by atoms with Crippen molar-refractivity contribution in [2.45, 2.75) is 50.3 Å². The Morgan fingerprint density at radius 3 is 2.50 bits per heavy atom. The number of hydrogen-bond donors (Lipinski definition) is 1. The number of primary sulfonamides is 1. The molecular weight excluding hydrogens is 252 g/mol. The van der Waals surface area contributed by atoms with Crippen LogP contribution < -0.4 is 5.14 Å². The van der Waals surface area contributed by atoms with Crippen LogP contribution in [0, 0.1) is 5.41 Å². The lowest BCUT2D eigenvalue weighted by molar-refractivity contribution is 0.000143. The van der Waals surface area contributed by atoms with E-state index in [0.29, 0.717) is 18.7 Å². The first kappa shape index (κ1) is 12.8. The van der Waals surface area contributed by atoms with E-state index >= 15 is 0 Å². The minimum Gasteiger partial charge on any atom is -0.377 e. The van der Waals surface area contributed by atoms with Crippen molar-refractivity contribution in [2.75, 3.05) is 19.4 Å². The lowest BCUT2D eigenvalue weighted by atomic mass is 9.70. The molecule has 0 aromatic carbocycles. The average Bonchev–Trinajstić information content (AvgIpc) is 2.69. The number of sulfonamides is 1. The van der Waals surface area contributed by atoms with E-state index in [0.717, 1.165) is 19.3 Å². The van der Waals surface area contributed by atoms with Gasteiger partial charge in [0.25, 0.3) is 0 Å². The van der Waals surface area contributed by atoms with Gasteiger partial charge in [-0.3, -0.25) is 0 Å². The highest BCUT2D eigenvalue weighted by Crippen LogP contribution is 2.52. The van der Waals surface area contributed by atoms with Gasteiger partial charge in [-0.05, 0) is 39.2 Å². The second-order valence-electron chi connectivity index (χ2n) is 6.26. The molecule has 0 saturated carbocycles. The molecule has 0 aromatic heterocycles. The van der Waals surface area contributed by atoms with Crippen molar-refractivity contribution in [3.8, 4) is 0 Å². The van der Waals surface area contributed by atoms with Gasteiger partial charge >= 0.3 is 0 Å². The predicted octanol–water partition coefficient (Wildman–Crippen LogP) is 0.307. The lowest BCUT2D eigenvalue weighted by Gasteiger charge is -2.45. The number of rotatable bonds is 2. The van der Waals surface area contributed by atoms with Crippen LogP contribution in [0.5, 0.6) is 0 Å². The van der Waals surface area contributed by atoms with Gasteiger partial charge in [-0.2, -0.15) is 0 Å². The average molecular weight is 274 g/mol. The van der Waals surface area contributed by atoms with Crippen LogP contribution in [0.1, 0.15) is 32.1 Å². The van der Waals surface area contributed by atoms with Crippen LogP contribution in [0.2, 0.25) is 0 Å². The first-order chi connectivity index (χ1) is 8.40. The van der Waals surface area contributed by atoms with Crippen LogP contribution in [0.15, 0.2) is 0 Å². The Labute approximate surface area is 109 Å². The van der Waals surface area contributed by atoms with E-state index in [4.69, 9.17) is 9.88 Å². The summed E-state index contributed by atoms with van der Waals surface area (Å²) in [4.78, 5) is 2.47. The number of nitrogens with two attached hydrogens (primary N) is 1. The fraction of sp³-hybridized carbons (Fsp3) is 1.00. The van der Waals surface area contributed by atoms with Crippen molar-refractivity contribution in [1.82, 2.24) is 4.90 Å². The summed E-state index contributed by atoms with van der Waals surface area (Å²) >= 11 is 0. The molecule has 0 amide bonds. The van der Waals surface area contributed by atoms with Crippen LogP contribution in [-0.4, -0.2) is 50.9 Å². The van der Waals surface area contributed by atoms with Gasteiger partial charge in [0.1, 0.15) is 0 Å². The molecule has 3 rings (SSSR count). The molecule has 1 spiro atoms. The second-order valence-corrected chi connectivity index (χ2v) is 7.92. The van der Waals surface area contributed by atoms with Crippen LogP contribution in [0.4, 0.5) is 0 Å². The third kappa shape index (κ3) is 2.09. The van der Waals surface area contributed by atoms with Gasteiger partial charge < -0.3 is 9.64 Å². The third-order valence-corrected chi connectivity index (χ3v) is 6.02. The number of piperidine rings is 1. The monoisotopic (exact) mass is 274 g/mol. The van der Waals surface area contributed by atoms with Crippen molar-refractivity contribution in [3.63, 3.8) is 0 Å². The van der Waals surface area contributed by atoms with Crippen molar-refractivity contribution in [1.29, 1.82) is 0 Å². The fourth-order valence-electron chi connectivity index (χ4n) is 4.25. The molecule has 3 atom stereocenters. The van der Waals surface area contributed by atoms with Gasteiger partial charge in [0.05, 0.1) is 11.9 Å². The molecule has 3 aliphatic rings. The minimum absolute atomic E-state index is 0.0177. The summed E-state index contributed by atoms with van der Waals surface area (Å²) in [6.45, 7) is 0.684. The van der Waals surface area contributed by atoms with E-state index in [9.17, 15) is 8.42 Å². The SMILES string of the molecule is CN1C2CCC1CC1(CCOC1CS(N)(=O)=O)C2. The van der Waals surface area contributed by atoms with E-state index in [-0.39, 0.29) is 17.3 Å². The molecule has 2 bridgehead atoms. The molecule has 18 heavy (non-hydrogen) atoms. The van der Waals surface area contributed by atoms with Gasteiger partial charge in [0, 0.05) is 24.1 Å². The summed E-state index contributed by atoms with van der Waals surface area (Å²) in [6.07, 6.45) is 5.43. The minimum atomic E-state index is -3.45. The second kappa shape index (κ2) is 4.16. The van der Waals surface area contributed by atoms with Gasteiger partial charge in [0.2, 0.25) is 10.0 Å². The standard InChI is InChI=1S/C12H22N2O3S/c1-14-9-2-3-10(14)7-12(6-9)4-5-17-11(12)8-18(13,15)16/h9-11H,2-8H2,1H3,(H2,13,15,16). The number of hydrogen-bond acceptors (Lipinski definition) is 4. The number of ether oxygens (including phenoxy) is 1. The highest BCUT2D eigenvalue weighted by molar-refractivity contribution is 7.89. The summed E-state index contributed by atoms with van der Waals surface area (Å²) in [6, 6.07) is 1.21. The zero-order chi connectivity index (χ0) is 13.0. The van der Waals surface area contributed by atoms with E-state index in [1.54, 1.807) is 0 Å². The zero-order valence-electron chi connectivity index (χ0n) is 10.8. The Morgan fingerprint density at radius 2 is 1.94 bits per heavy atom. The summed E-state index contributed by atoms with van der Waals surface area (Å²) in [5.41, 5.74) is 0.0603. The maximum absolute atomic E-state index is 11.3. The molecule has 3 unspecified atom stereocenters. The van der Waals surface area contributed by atoms with Gasteiger partial charge in [-0.15, -0.1) is 0 Å². The number of fused-ring (bicyclic) bond motifs is 2. The lowest BCUT2D eigenvalue weighted by Crippen LogP contribution is -2.50. The van der Waals surface area contributed by atoms with Crippen molar-refractivity contribution < 1.29 is 13.2 Å². The topological polar surface area (TPSA) is 72.6 Å². The molecule has 3 aliphatic heterocycles. The largest absolute Gasteiger partial charge is 0.377 e. The first-order valence-electron chi connectivity index (χ1n) is 6.74. The van der Waals surface area contributed by atoms with E-state index in [2.05, 4.69) is 11.9 Å². The predicted molar refractivity (Wildman–Crippen MR) is 68.6 cm³/mol. The van der Waals surface area contributed by atoms with Crippen LogP contribution in [-0.2, 0) is 14.8 Å². The molecule has 0 aliphatic carbocycles. The summed E-state index contributed by atoms with van der Waals surface area (Å²) in [5, 5.41) is 5.20. The highest BCUT2D eigenvalue weighted by Gasteiger charge is 2.53. The van der Waals surface area contributed by atoms with Crippen molar-refractivity contribution in [2.24, 2.45) is 10.6 Å². The molecule has 2 N–H and O–H groups in total. The van der Waals surface area contributed by atoms with E-state index in [1.807, 2.05) is 0 Å². The summed E-state index contributed by atoms with van der Waals surface area (Å²) in [5.74, 6) is -0.0177. The molecule has 3 saturated heterocycles. The maximum Gasteiger partial charge on any atom is 0.211 e. The molecule has 5 nitrogen and oxygen atoms in total. The molecule has 3 heterocycles. The molecule has 0 radical (unpaired) electrons. The zero-order valence-corrected chi connectivity index (χ0v) is 11.7. The fourth-order valence-corrected chi connectivity index (χ4v) is 5.12. The Balaban J connectivity index is 1.82. The third-order valence-electron chi connectivity index (χ3n) is 5.26.